The first-order chi connectivity index (χ1) is 9.69. The van der Waals surface area contributed by atoms with Gasteiger partial charge in [-0.25, -0.2) is 0 Å². The number of rotatable bonds is 3. The summed E-state index contributed by atoms with van der Waals surface area (Å²) in [7, 11) is 2.09. The van der Waals surface area contributed by atoms with E-state index in [1.54, 1.807) is 0 Å². The van der Waals surface area contributed by atoms with Gasteiger partial charge in [0.2, 0.25) is 0 Å². The first-order valence-electron chi connectivity index (χ1n) is 7.50. The van der Waals surface area contributed by atoms with Crippen molar-refractivity contribution in [3.63, 3.8) is 0 Å². The lowest BCUT2D eigenvalue weighted by atomic mass is 9.89. The van der Waals surface area contributed by atoms with Gasteiger partial charge in [0.1, 0.15) is 0 Å². The number of hydrogen-bond donors (Lipinski definition) is 1. The molecular formula is C19H23N. The maximum absolute atomic E-state index is 3.54. The molecule has 0 saturated heterocycles. The normalized spacial score (nSPS) is 16.1. The molecule has 0 aromatic heterocycles. The molecule has 0 heterocycles. The van der Waals surface area contributed by atoms with E-state index in [1.807, 2.05) is 0 Å². The molecule has 0 spiro atoms. The summed E-state index contributed by atoms with van der Waals surface area (Å²) in [5.74, 6) is 0.666. The quantitative estimate of drug-likeness (QED) is 0.885. The summed E-state index contributed by atoms with van der Waals surface area (Å²) in [6, 6.07) is 16.2. The lowest BCUT2D eigenvalue weighted by molar-refractivity contribution is 0.397. The molecule has 1 aliphatic carbocycles. The van der Waals surface area contributed by atoms with Gasteiger partial charge in [-0.3, -0.25) is 0 Å². The molecule has 1 aliphatic rings. The number of hydrogen-bond acceptors (Lipinski definition) is 1. The highest BCUT2D eigenvalue weighted by Gasteiger charge is 2.28. The monoisotopic (exact) mass is 265 g/mol. The number of aryl methyl sites for hydroxylation is 2. The van der Waals surface area contributed by atoms with E-state index < -0.39 is 0 Å². The molecule has 1 atom stereocenters. The van der Waals surface area contributed by atoms with Gasteiger partial charge in [0, 0.05) is 6.04 Å². The van der Waals surface area contributed by atoms with E-state index in [9.17, 15) is 0 Å². The molecule has 2 aromatic carbocycles. The smallest absolute Gasteiger partial charge is 0.0352 e. The topological polar surface area (TPSA) is 12.0 Å². The van der Waals surface area contributed by atoms with Crippen LogP contribution in [-0.2, 0) is 12.8 Å². The molecular weight excluding hydrogens is 242 g/mol. The van der Waals surface area contributed by atoms with Crippen LogP contribution in [0.2, 0.25) is 0 Å². The molecule has 0 bridgehead atoms. The Kier molecular flexibility index (Phi) is 3.62. The predicted molar refractivity (Wildman–Crippen MR) is 85.1 cm³/mol. The van der Waals surface area contributed by atoms with E-state index >= 15 is 0 Å². The van der Waals surface area contributed by atoms with E-state index in [4.69, 9.17) is 0 Å². The molecule has 20 heavy (non-hydrogen) atoms. The van der Waals surface area contributed by atoms with Gasteiger partial charge in [-0.1, -0.05) is 42.5 Å². The van der Waals surface area contributed by atoms with Gasteiger partial charge in [0.05, 0.1) is 0 Å². The van der Waals surface area contributed by atoms with Gasteiger partial charge in [-0.05, 0) is 67.5 Å². The number of nitrogens with one attached hydrogen (secondary N) is 1. The summed E-state index contributed by atoms with van der Waals surface area (Å²) < 4.78 is 0. The maximum Gasteiger partial charge on any atom is 0.0352 e. The molecule has 0 radical (unpaired) electrons. The van der Waals surface area contributed by atoms with Crippen molar-refractivity contribution in [3.8, 4) is 0 Å². The van der Waals surface area contributed by atoms with E-state index in [2.05, 4.69) is 68.7 Å². The number of benzene rings is 2. The molecule has 2 aromatic rings. The third kappa shape index (κ3) is 2.38. The second-order valence-corrected chi connectivity index (χ2v) is 6.05. The van der Waals surface area contributed by atoms with Crippen LogP contribution in [0.3, 0.4) is 0 Å². The molecule has 0 aliphatic heterocycles. The minimum atomic E-state index is 0.446. The molecule has 1 heteroatoms. The van der Waals surface area contributed by atoms with Gasteiger partial charge < -0.3 is 5.32 Å². The van der Waals surface area contributed by atoms with Crippen molar-refractivity contribution in [2.45, 2.75) is 32.7 Å². The van der Waals surface area contributed by atoms with Crippen LogP contribution in [0.4, 0.5) is 0 Å². The van der Waals surface area contributed by atoms with Crippen molar-refractivity contribution in [2.24, 2.45) is 5.92 Å². The molecule has 1 N–H and O–H groups in total. The second-order valence-electron chi connectivity index (χ2n) is 6.05. The fourth-order valence-electron chi connectivity index (χ4n) is 3.46. The SMILES string of the molecule is CNC(c1ccc(C)c(C)c1)C1Cc2ccccc2C1. The fourth-order valence-corrected chi connectivity index (χ4v) is 3.46. The lowest BCUT2D eigenvalue weighted by Crippen LogP contribution is -2.25. The first-order valence-corrected chi connectivity index (χ1v) is 7.50. The highest BCUT2D eigenvalue weighted by atomic mass is 14.9. The Hall–Kier alpha value is -1.60. The average molecular weight is 265 g/mol. The summed E-state index contributed by atoms with van der Waals surface area (Å²) in [4.78, 5) is 0. The summed E-state index contributed by atoms with van der Waals surface area (Å²) >= 11 is 0. The maximum atomic E-state index is 3.54. The van der Waals surface area contributed by atoms with Crippen molar-refractivity contribution < 1.29 is 0 Å². The summed E-state index contributed by atoms with van der Waals surface area (Å²) in [5, 5.41) is 3.54. The van der Waals surface area contributed by atoms with Crippen LogP contribution in [-0.4, -0.2) is 7.05 Å². The molecule has 1 unspecified atom stereocenters. The Bertz CT molecular complexity index is 590. The summed E-state index contributed by atoms with van der Waals surface area (Å²) in [5.41, 5.74) is 7.24. The van der Waals surface area contributed by atoms with E-state index in [0.717, 1.165) is 0 Å². The van der Waals surface area contributed by atoms with Crippen LogP contribution >= 0.6 is 0 Å². The van der Waals surface area contributed by atoms with Crippen molar-refractivity contribution in [2.75, 3.05) is 7.05 Å². The molecule has 3 rings (SSSR count). The van der Waals surface area contributed by atoms with Gasteiger partial charge >= 0.3 is 0 Å². The van der Waals surface area contributed by atoms with Crippen LogP contribution in [0.25, 0.3) is 0 Å². The van der Waals surface area contributed by atoms with Gasteiger partial charge in [0.15, 0.2) is 0 Å². The zero-order valence-electron chi connectivity index (χ0n) is 12.6. The Morgan fingerprint density at radius 2 is 1.60 bits per heavy atom. The van der Waals surface area contributed by atoms with Crippen molar-refractivity contribution in [1.82, 2.24) is 5.32 Å². The standard InChI is InChI=1S/C19H23N/c1-13-8-9-17(10-14(13)2)19(20-3)18-11-15-6-4-5-7-16(15)12-18/h4-10,18-20H,11-12H2,1-3H3. The Morgan fingerprint density at radius 1 is 0.950 bits per heavy atom. The lowest BCUT2D eigenvalue weighted by Gasteiger charge is -2.24. The summed E-state index contributed by atoms with van der Waals surface area (Å²) in [6.07, 6.45) is 2.38. The fraction of sp³-hybridized carbons (Fsp3) is 0.368. The van der Waals surface area contributed by atoms with Gasteiger partial charge in [-0.2, -0.15) is 0 Å². The third-order valence-electron chi connectivity index (χ3n) is 4.76. The number of fused-ring (bicyclic) bond motifs is 1. The Labute approximate surface area is 122 Å². The Morgan fingerprint density at radius 3 is 2.15 bits per heavy atom. The zero-order chi connectivity index (χ0) is 14.1. The predicted octanol–water partition coefficient (Wildman–Crippen LogP) is 3.98. The van der Waals surface area contributed by atoms with Crippen LogP contribution in [0, 0.1) is 19.8 Å². The van der Waals surface area contributed by atoms with Crippen LogP contribution in [0.15, 0.2) is 42.5 Å². The summed E-state index contributed by atoms with van der Waals surface area (Å²) in [6.45, 7) is 4.38. The van der Waals surface area contributed by atoms with Crippen molar-refractivity contribution in [3.05, 3.63) is 70.3 Å². The zero-order valence-corrected chi connectivity index (χ0v) is 12.6. The largest absolute Gasteiger partial charge is 0.313 e. The van der Waals surface area contributed by atoms with Crippen LogP contribution < -0.4 is 5.32 Å². The highest BCUT2D eigenvalue weighted by Crippen LogP contribution is 2.35. The highest BCUT2D eigenvalue weighted by molar-refractivity contribution is 5.36. The van der Waals surface area contributed by atoms with Gasteiger partial charge in [0.25, 0.3) is 0 Å². The first kappa shape index (κ1) is 13.4. The van der Waals surface area contributed by atoms with Crippen molar-refractivity contribution >= 4 is 0 Å². The molecule has 0 fully saturated rings. The van der Waals surface area contributed by atoms with Crippen molar-refractivity contribution in [1.29, 1.82) is 0 Å². The Balaban J connectivity index is 1.87. The second kappa shape index (κ2) is 5.41. The molecule has 1 nitrogen and oxygen atoms in total. The molecule has 104 valence electrons. The van der Waals surface area contributed by atoms with E-state index in [1.165, 1.54) is 40.7 Å². The van der Waals surface area contributed by atoms with E-state index in [0.29, 0.717) is 12.0 Å². The minimum absolute atomic E-state index is 0.446. The minimum Gasteiger partial charge on any atom is -0.313 e. The van der Waals surface area contributed by atoms with Gasteiger partial charge in [-0.15, -0.1) is 0 Å². The third-order valence-corrected chi connectivity index (χ3v) is 4.76. The van der Waals surface area contributed by atoms with Crippen LogP contribution in [0.1, 0.15) is 33.9 Å². The molecule has 0 saturated carbocycles. The average Bonchev–Trinajstić information content (AvgIpc) is 2.87. The molecule has 0 amide bonds. The van der Waals surface area contributed by atoms with E-state index in [-0.39, 0.29) is 0 Å². The van der Waals surface area contributed by atoms with Crippen LogP contribution in [0.5, 0.6) is 0 Å².